The number of halogens is 2. The minimum atomic E-state index is -3.63. The summed E-state index contributed by atoms with van der Waals surface area (Å²) >= 11 is 5.67. The van der Waals surface area contributed by atoms with Gasteiger partial charge in [-0.15, -0.1) is 0 Å². The average molecular weight is 385 g/mol. The Bertz CT molecular complexity index is 859. The van der Waals surface area contributed by atoms with Gasteiger partial charge in [0, 0.05) is 11.7 Å². The van der Waals surface area contributed by atoms with Gasteiger partial charge in [0.1, 0.15) is 5.82 Å². The summed E-state index contributed by atoms with van der Waals surface area (Å²) in [6.07, 6.45) is 1.05. The van der Waals surface area contributed by atoms with Gasteiger partial charge in [-0.1, -0.05) is 41.9 Å². The predicted molar refractivity (Wildman–Crippen MR) is 96.4 cm³/mol. The van der Waals surface area contributed by atoms with Crippen molar-refractivity contribution in [3.05, 3.63) is 64.9 Å². The molecule has 0 bridgehead atoms. The molecular weight excluding hydrogens is 367 g/mol. The van der Waals surface area contributed by atoms with Crippen LogP contribution in [0.15, 0.2) is 48.5 Å². The number of nitrogens with one attached hydrogen (secondary N) is 1. The van der Waals surface area contributed by atoms with E-state index in [2.05, 4.69) is 5.32 Å². The van der Waals surface area contributed by atoms with Crippen LogP contribution in [0.25, 0.3) is 0 Å². The van der Waals surface area contributed by atoms with Crippen LogP contribution in [0.1, 0.15) is 18.5 Å². The Morgan fingerprint density at radius 3 is 2.44 bits per heavy atom. The molecule has 1 atom stereocenters. The fraction of sp³-hybridized carbons (Fsp3) is 0.235. The summed E-state index contributed by atoms with van der Waals surface area (Å²) in [4.78, 5) is 12.2. The number of hydrogen-bond donors (Lipinski definition) is 1. The number of carbonyl (C=O) groups excluding carboxylic acids is 1. The summed E-state index contributed by atoms with van der Waals surface area (Å²) in [7, 11) is -3.63. The first kappa shape index (κ1) is 19.4. The monoisotopic (exact) mass is 384 g/mol. The van der Waals surface area contributed by atoms with Crippen LogP contribution < -0.4 is 5.32 Å². The van der Waals surface area contributed by atoms with Gasteiger partial charge in [0.2, 0.25) is 15.9 Å². The first-order chi connectivity index (χ1) is 11.7. The van der Waals surface area contributed by atoms with Gasteiger partial charge in [0.25, 0.3) is 0 Å². The zero-order chi connectivity index (χ0) is 18.6. The molecule has 134 valence electrons. The zero-order valence-electron chi connectivity index (χ0n) is 13.7. The molecule has 0 heterocycles. The van der Waals surface area contributed by atoms with Crippen molar-refractivity contribution in [3.8, 4) is 0 Å². The molecule has 2 rings (SSSR count). The van der Waals surface area contributed by atoms with E-state index < -0.39 is 27.8 Å². The number of amides is 1. The molecule has 0 aliphatic carbocycles. The van der Waals surface area contributed by atoms with Crippen LogP contribution in [-0.4, -0.2) is 31.4 Å². The topological polar surface area (TPSA) is 66.5 Å². The SMILES string of the molecule is CC(c1ccccc1)N(CC(=O)Nc1ccc(F)c(Cl)c1)S(C)(=O)=O. The molecule has 8 heteroatoms. The van der Waals surface area contributed by atoms with Crippen molar-refractivity contribution in [1.82, 2.24) is 4.31 Å². The van der Waals surface area contributed by atoms with Gasteiger partial charge in [-0.25, -0.2) is 12.8 Å². The van der Waals surface area contributed by atoms with Crippen LogP contribution >= 0.6 is 11.6 Å². The maximum absolute atomic E-state index is 13.2. The first-order valence-corrected chi connectivity index (χ1v) is 9.68. The third-order valence-electron chi connectivity index (χ3n) is 3.64. The number of carbonyl (C=O) groups is 1. The van der Waals surface area contributed by atoms with Crippen molar-refractivity contribution in [2.45, 2.75) is 13.0 Å². The van der Waals surface area contributed by atoms with Gasteiger partial charge in [0.15, 0.2) is 0 Å². The van der Waals surface area contributed by atoms with Gasteiger partial charge in [-0.3, -0.25) is 4.79 Å². The lowest BCUT2D eigenvalue weighted by Crippen LogP contribution is -2.39. The molecule has 0 radical (unpaired) electrons. The van der Waals surface area contributed by atoms with Crippen LogP contribution in [0.3, 0.4) is 0 Å². The Morgan fingerprint density at radius 1 is 1.24 bits per heavy atom. The normalized spacial score (nSPS) is 12.8. The van der Waals surface area contributed by atoms with E-state index in [-0.39, 0.29) is 17.3 Å². The maximum Gasteiger partial charge on any atom is 0.239 e. The lowest BCUT2D eigenvalue weighted by molar-refractivity contribution is -0.116. The van der Waals surface area contributed by atoms with Gasteiger partial charge in [-0.2, -0.15) is 4.31 Å². The second-order valence-corrected chi connectivity index (χ2v) is 7.91. The Morgan fingerprint density at radius 2 is 1.88 bits per heavy atom. The van der Waals surface area contributed by atoms with Gasteiger partial charge in [0.05, 0.1) is 17.8 Å². The largest absolute Gasteiger partial charge is 0.325 e. The molecule has 0 saturated carbocycles. The molecule has 0 aliphatic heterocycles. The highest BCUT2D eigenvalue weighted by Gasteiger charge is 2.27. The molecular formula is C17H18ClFN2O3S. The zero-order valence-corrected chi connectivity index (χ0v) is 15.3. The standard InChI is InChI=1S/C17H18ClFN2O3S/c1-12(13-6-4-3-5-7-13)21(25(2,23)24)11-17(22)20-14-8-9-16(19)15(18)10-14/h3-10,12H,11H2,1-2H3,(H,20,22). The van der Waals surface area contributed by atoms with E-state index in [1.807, 2.05) is 6.07 Å². The molecule has 0 spiro atoms. The van der Waals surface area contributed by atoms with Gasteiger partial charge < -0.3 is 5.32 Å². The van der Waals surface area contributed by atoms with E-state index >= 15 is 0 Å². The Labute approximate surface area is 151 Å². The lowest BCUT2D eigenvalue weighted by Gasteiger charge is -2.26. The number of nitrogens with zero attached hydrogens (tertiary/aromatic N) is 1. The summed E-state index contributed by atoms with van der Waals surface area (Å²) in [5, 5.41) is 2.39. The number of sulfonamides is 1. The Balaban J connectivity index is 2.17. The van der Waals surface area contributed by atoms with Crippen LogP contribution in [0.5, 0.6) is 0 Å². The molecule has 5 nitrogen and oxygen atoms in total. The molecule has 2 aromatic rings. The lowest BCUT2D eigenvalue weighted by atomic mass is 10.1. The highest BCUT2D eigenvalue weighted by Crippen LogP contribution is 2.23. The molecule has 1 unspecified atom stereocenters. The molecule has 25 heavy (non-hydrogen) atoms. The van der Waals surface area contributed by atoms with E-state index in [4.69, 9.17) is 11.6 Å². The fourth-order valence-electron chi connectivity index (χ4n) is 2.36. The van der Waals surface area contributed by atoms with Crippen LogP contribution in [0.2, 0.25) is 5.02 Å². The van der Waals surface area contributed by atoms with Crippen LogP contribution in [0, 0.1) is 5.82 Å². The highest BCUT2D eigenvalue weighted by atomic mass is 35.5. The third kappa shape index (κ3) is 5.26. The van der Waals surface area contributed by atoms with Gasteiger partial charge in [-0.05, 0) is 30.7 Å². The van der Waals surface area contributed by atoms with E-state index in [0.29, 0.717) is 0 Å². The Hall–Kier alpha value is -1.96. The van der Waals surface area contributed by atoms with Crippen molar-refractivity contribution in [3.63, 3.8) is 0 Å². The summed E-state index contributed by atoms with van der Waals surface area (Å²) in [5.74, 6) is -1.15. The van der Waals surface area contributed by atoms with E-state index in [1.165, 1.54) is 12.1 Å². The number of benzene rings is 2. The van der Waals surface area contributed by atoms with Crippen molar-refractivity contribution >= 4 is 33.2 Å². The third-order valence-corrected chi connectivity index (χ3v) is 5.23. The Kier molecular flexibility index (Phi) is 6.16. The minimum Gasteiger partial charge on any atom is -0.325 e. The smallest absolute Gasteiger partial charge is 0.239 e. The molecule has 0 aromatic heterocycles. The molecule has 2 aromatic carbocycles. The predicted octanol–water partition coefficient (Wildman–Crippen LogP) is 3.44. The second-order valence-electron chi connectivity index (χ2n) is 5.57. The summed E-state index contributed by atoms with van der Waals surface area (Å²) in [5.41, 5.74) is 1.06. The maximum atomic E-state index is 13.2. The number of rotatable bonds is 6. The summed E-state index contributed by atoms with van der Waals surface area (Å²) in [6, 6.07) is 12.2. The first-order valence-electron chi connectivity index (χ1n) is 7.45. The van der Waals surface area contributed by atoms with Crippen molar-refractivity contribution in [2.75, 3.05) is 18.1 Å². The fourth-order valence-corrected chi connectivity index (χ4v) is 3.58. The van der Waals surface area contributed by atoms with Crippen LogP contribution in [-0.2, 0) is 14.8 Å². The van der Waals surface area contributed by atoms with Crippen molar-refractivity contribution in [1.29, 1.82) is 0 Å². The van der Waals surface area contributed by atoms with Crippen molar-refractivity contribution < 1.29 is 17.6 Å². The molecule has 0 saturated heterocycles. The average Bonchev–Trinajstić information content (AvgIpc) is 2.55. The molecule has 0 aliphatic rings. The van der Waals surface area contributed by atoms with E-state index in [1.54, 1.807) is 31.2 Å². The van der Waals surface area contributed by atoms with Gasteiger partial charge >= 0.3 is 0 Å². The highest BCUT2D eigenvalue weighted by molar-refractivity contribution is 7.88. The molecule has 1 amide bonds. The van der Waals surface area contributed by atoms with Crippen molar-refractivity contribution in [2.24, 2.45) is 0 Å². The van der Waals surface area contributed by atoms with E-state index in [0.717, 1.165) is 22.2 Å². The molecule has 0 fully saturated rings. The summed E-state index contributed by atoms with van der Waals surface area (Å²) in [6.45, 7) is 1.34. The number of anilines is 1. The molecule has 1 N–H and O–H groups in total. The van der Waals surface area contributed by atoms with Crippen LogP contribution in [0.4, 0.5) is 10.1 Å². The van der Waals surface area contributed by atoms with E-state index in [9.17, 15) is 17.6 Å². The number of hydrogen-bond acceptors (Lipinski definition) is 3. The summed E-state index contributed by atoms with van der Waals surface area (Å²) < 4.78 is 38.5. The minimum absolute atomic E-state index is 0.129. The second kappa shape index (κ2) is 7.95. The quantitative estimate of drug-likeness (QED) is 0.829.